The van der Waals surface area contributed by atoms with Gasteiger partial charge in [-0.15, -0.1) is 0 Å². The van der Waals surface area contributed by atoms with E-state index in [2.05, 4.69) is 52.8 Å². The molecule has 4 aromatic carbocycles. The Labute approximate surface area is 222 Å². The van der Waals surface area contributed by atoms with E-state index in [1.54, 1.807) is 12.1 Å². The molecule has 5 aromatic rings. The van der Waals surface area contributed by atoms with Crippen molar-refractivity contribution in [3.8, 4) is 16.9 Å². The number of benzene rings is 4. The Morgan fingerprint density at radius 2 is 1.55 bits per heavy atom. The first-order valence-corrected chi connectivity index (χ1v) is 12.4. The number of carbonyl (C=O) groups is 1. The lowest BCUT2D eigenvalue weighted by atomic mass is 10.1. The van der Waals surface area contributed by atoms with Crippen LogP contribution in [-0.4, -0.2) is 31.2 Å². The van der Waals surface area contributed by atoms with Gasteiger partial charge in [0.2, 0.25) is 0 Å². The van der Waals surface area contributed by atoms with E-state index in [9.17, 15) is 4.79 Å². The molecule has 0 unspecified atom stereocenters. The molecule has 38 heavy (non-hydrogen) atoms. The fourth-order valence-corrected chi connectivity index (χ4v) is 4.15. The third-order valence-corrected chi connectivity index (χ3v) is 6.20. The summed E-state index contributed by atoms with van der Waals surface area (Å²) in [6.07, 6.45) is 3.91. The van der Waals surface area contributed by atoms with Crippen LogP contribution in [0.2, 0.25) is 0 Å². The zero-order valence-electron chi connectivity index (χ0n) is 21.1. The highest BCUT2D eigenvalue weighted by Crippen LogP contribution is 2.23. The minimum Gasteiger partial charge on any atom is -0.489 e. The smallest absolute Gasteiger partial charge is 0.337 e. The average Bonchev–Trinajstić information content (AvgIpc) is 2.99. The predicted molar refractivity (Wildman–Crippen MR) is 153 cm³/mol. The molecular weight excluding hydrogens is 472 g/mol. The zero-order valence-corrected chi connectivity index (χ0v) is 21.1. The summed E-state index contributed by atoms with van der Waals surface area (Å²) in [5.41, 5.74) is 6.73. The molecule has 0 aliphatic carbocycles. The number of nitrogens with zero attached hydrogens (tertiary/aromatic N) is 1. The number of anilines is 1. The molecule has 0 spiro atoms. The molecule has 188 valence electrons. The van der Waals surface area contributed by atoms with Crippen molar-refractivity contribution in [3.05, 3.63) is 132 Å². The van der Waals surface area contributed by atoms with Crippen molar-refractivity contribution in [1.82, 2.24) is 4.98 Å². The second-order valence-corrected chi connectivity index (χ2v) is 8.87. The maximum absolute atomic E-state index is 11.8. The van der Waals surface area contributed by atoms with Crippen molar-refractivity contribution >= 4 is 28.6 Å². The Hall–Kier alpha value is -4.90. The van der Waals surface area contributed by atoms with Crippen molar-refractivity contribution in [2.45, 2.75) is 0 Å². The van der Waals surface area contributed by atoms with E-state index < -0.39 is 0 Å². The van der Waals surface area contributed by atoms with E-state index in [0.717, 1.165) is 39.0 Å². The van der Waals surface area contributed by atoms with Gasteiger partial charge in [0.05, 0.1) is 30.1 Å². The molecule has 0 saturated heterocycles. The highest BCUT2D eigenvalue weighted by atomic mass is 16.5. The number of para-hydroxylation sites is 1. The second kappa shape index (κ2) is 11.9. The largest absolute Gasteiger partial charge is 0.489 e. The summed E-state index contributed by atoms with van der Waals surface area (Å²) in [5, 5.41) is 4.56. The zero-order chi connectivity index (χ0) is 26.2. The lowest BCUT2D eigenvalue weighted by Crippen LogP contribution is -2.12. The molecule has 1 N–H and O–H groups in total. The maximum atomic E-state index is 11.8. The van der Waals surface area contributed by atoms with Crippen molar-refractivity contribution in [2.24, 2.45) is 0 Å². The molecule has 0 saturated carbocycles. The highest BCUT2D eigenvalue weighted by molar-refractivity contribution is 5.89. The number of aromatic nitrogens is 1. The molecule has 0 radical (unpaired) electrons. The average molecular weight is 501 g/mol. The maximum Gasteiger partial charge on any atom is 0.337 e. The van der Waals surface area contributed by atoms with Gasteiger partial charge in [-0.05, 0) is 58.7 Å². The van der Waals surface area contributed by atoms with Crippen LogP contribution in [0, 0.1) is 0 Å². The van der Waals surface area contributed by atoms with Gasteiger partial charge in [0.15, 0.2) is 0 Å². The van der Waals surface area contributed by atoms with Gasteiger partial charge < -0.3 is 14.8 Å². The summed E-state index contributed by atoms with van der Waals surface area (Å²) in [7, 11) is 1.38. The van der Waals surface area contributed by atoms with Crippen LogP contribution in [0.3, 0.4) is 0 Å². The quantitative estimate of drug-likeness (QED) is 0.216. The Balaban J connectivity index is 1.32. The summed E-state index contributed by atoms with van der Waals surface area (Å²) >= 11 is 0. The molecule has 0 amide bonds. The minimum absolute atomic E-state index is 0.353. The Morgan fingerprint density at radius 3 is 2.32 bits per heavy atom. The summed E-state index contributed by atoms with van der Waals surface area (Å²) in [4.78, 5) is 16.3. The number of methoxy groups -OCH3 is 1. The Kier molecular flexibility index (Phi) is 7.75. The lowest BCUT2D eigenvalue weighted by Gasteiger charge is -2.13. The van der Waals surface area contributed by atoms with Crippen molar-refractivity contribution in [2.75, 3.05) is 25.6 Å². The molecule has 5 heteroatoms. The first kappa shape index (κ1) is 24.8. The standard InChI is InChI=1S/C33H28N2O3/c1-37-33(36)28-13-11-24(12-14-28)19-25(21-34-30-20-29-9-5-6-10-32(29)35-22-30)23-38-31-17-15-27(16-18-31)26-7-3-2-4-8-26/h2-20,22,34H,21,23H2,1H3/b25-19-. The molecule has 0 fully saturated rings. The normalized spacial score (nSPS) is 11.2. The van der Waals surface area contributed by atoms with Crippen LogP contribution in [0.15, 0.2) is 121 Å². The van der Waals surface area contributed by atoms with E-state index in [1.807, 2.05) is 66.9 Å². The molecule has 1 aromatic heterocycles. The van der Waals surface area contributed by atoms with E-state index in [0.29, 0.717) is 18.7 Å². The third-order valence-electron chi connectivity index (χ3n) is 6.20. The van der Waals surface area contributed by atoms with Crippen LogP contribution >= 0.6 is 0 Å². The monoisotopic (exact) mass is 500 g/mol. The molecule has 0 atom stereocenters. The van der Waals surface area contributed by atoms with E-state index in [1.165, 1.54) is 12.7 Å². The highest BCUT2D eigenvalue weighted by Gasteiger charge is 2.07. The lowest BCUT2D eigenvalue weighted by molar-refractivity contribution is 0.0600. The number of fused-ring (bicyclic) bond motifs is 1. The van der Waals surface area contributed by atoms with Crippen LogP contribution in [0.1, 0.15) is 15.9 Å². The van der Waals surface area contributed by atoms with Crippen LogP contribution in [0.4, 0.5) is 5.69 Å². The van der Waals surface area contributed by atoms with Crippen molar-refractivity contribution < 1.29 is 14.3 Å². The topological polar surface area (TPSA) is 60.5 Å². The minimum atomic E-state index is -0.353. The molecular formula is C33H28N2O3. The van der Waals surface area contributed by atoms with Crippen molar-refractivity contribution in [1.29, 1.82) is 0 Å². The Bertz CT molecular complexity index is 1540. The van der Waals surface area contributed by atoms with Gasteiger partial charge in [-0.1, -0.05) is 78.9 Å². The van der Waals surface area contributed by atoms with Gasteiger partial charge in [-0.25, -0.2) is 4.79 Å². The number of hydrogen-bond donors (Lipinski definition) is 1. The van der Waals surface area contributed by atoms with Gasteiger partial charge in [0.1, 0.15) is 12.4 Å². The van der Waals surface area contributed by atoms with Crippen LogP contribution in [-0.2, 0) is 4.74 Å². The summed E-state index contributed by atoms with van der Waals surface area (Å²) in [6, 6.07) is 35.9. The van der Waals surface area contributed by atoms with Crippen molar-refractivity contribution in [3.63, 3.8) is 0 Å². The predicted octanol–water partition coefficient (Wildman–Crippen LogP) is 7.26. The molecule has 0 bridgehead atoms. The SMILES string of the molecule is COC(=O)c1ccc(/C=C(/CNc2cnc3ccccc3c2)COc2ccc(-c3ccccc3)cc2)cc1. The van der Waals surface area contributed by atoms with Crippen LogP contribution in [0.25, 0.3) is 28.1 Å². The molecule has 5 nitrogen and oxygen atoms in total. The van der Waals surface area contributed by atoms with Crippen LogP contribution < -0.4 is 10.1 Å². The summed E-state index contributed by atoms with van der Waals surface area (Å²) in [6.45, 7) is 0.971. The second-order valence-electron chi connectivity index (χ2n) is 8.87. The van der Waals surface area contributed by atoms with E-state index in [4.69, 9.17) is 9.47 Å². The first-order valence-electron chi connectivity index (χ1n) is 12.4. The number of carbonyl (C=O) groups excluding carboxylic acids is 1. The summed E-state index contributed by atoms with van der Waals surface area (Å²) in [5.74, 6) is 0.442. The molecule has 0 aliphatic rings. The molecule has 1 heterocycles. The fourth-order valence-electron chi connectivity index (χ4n) is 4.15. The number of esters is 1. The number of nitrogens with one attached hydrogen (secondary N) is 1. The van der Waals surface area contributed by atoms with E-state index >= 15 is 0 Å². The van der Waals surface area contributed by atoms with Gasteiger partial charge in [0.25, 0.3) is 0 Å². The van der Waals surface area contributed by atoms with E-state index in [-0.39, 0.29) is 5.97 Å². The van der Waals surface area contributed by atoms with Gasteiger partial charge in [-0.2, -0.15) is 0 Å². The third kappa shape index (κ3) is 6.26. The number of ether oxygens (including phenoxy) is 2. The number of rotatable bonds is 9. The van der Waals surface area contributed by atoms with Gasteiger partial charge >= 0.3 is 5.97 Å². The Morgan fingerprint density at radius 1 is 0.842 bits per heavy atom. The number of hydrogen-bond acceptors (Lipinski definition) is 5. The summed E-state index contributed by atoms with van der Waals surface area (Å²) < 4.78 is 11.0. The van der Waals surface area contributed by atoms with Gasteiger partial charge in [-0.3, -0.25) is 4.98 Å². The van der Waals surface area contributed by atoms with Gasteiger partial charge in [0, 0.05) is 11.9 Å². The van der Waals surface area contributed by atoms with Crippen LogP contribution in [0.5, 0.6) is 5.75 Å². The first-order chi connectivity index (χ1) is 18.7. The fraction of sp³-hybridized carbons (Fsp3) is 0.0909. The number of pyridine rings is 1. The molecule has 5 rings (SSSR count). The molecule has 0 aliphatic heterocycles.